The lowest BCUT2D eigenvalue weighted by atomic mass is 10.4. The van der Waals surface area contributed by atoms with Gasteiger partial charge >= 0.3 is 0 Å². The summed E-state index contributed by atoms with van der Waals surface area (Å²) in [6.07, 6.45) is 0.814. The number of rotatable bonds is 1. The standard InChI is InChI=1S/C7H9NO2/c1-2-8-6(9)4-3-5(4)7(8)10/h4-5H,2-3H2,1H3. The number of nitrogens with zero attached hydrogens (tertiary/aromatic N) is 1. The number of carbonyl (C=O) groups is 2. The van der Waals surface area contributed by atoms with Crippen molar-refractivity contribution >= 4 is 11.8 Å². The fraction of sp³-hybridized carbons (Fsp3) is 0.714. The SMILES string of the molecule is CCN1C(=O)C2CC2C1=O. The summed E-state index contributed by atoms with van der Waals surface area (Å²) >= 11 is 0. The number of carbonyl (C=O) groups excluding carboxylic acids is 2. The first-order valence-electron chi connectivity index (χ1n) is 3.61. The quantitative estimate of drug-likeness (QED) is 0.480. The number of imide groups is 1. The number of amides is 2. The molecule has 0 radical (unpaired) electrons. The van der Waals surface area contributed by atoms with Crippen molar-refractivity contribution in [3.05, 3.63) is 0 Å². The Balaban J connectivity index is 2.23. The van der Waals surface area contributed by atoms with Crippen molar-refractivity contribution in [3.63, 3.8) is 0 Å². The van der Waals surface area contributed by atoms with Crippen LogP contribution in [0, 0.1) is 11.8 Å². The number of hydrogen-bond donors (Lipinski definition) is 0. The largest absolute Gasteiger partial charge is 0.282 e. The van der Waals surface area contributed by atoms with Crippen LogP contribution in [0.3, 0.4) is 0 Å². The molecule has 3 heteroatoms. The third-order valence-electron chi connectivity index (χ3n) is 2.27. The molecule has 2 fully saturated rings. The number of fused-ring (bicyclic) bond motifs is 1. The van der Waals surface area contributed by atoms with Crippen LogP contribution in [0.25, 0.3) is 0 Å². The van der Waals surface area contributed by atoms with Gasteiger partial charge in [0.25, 0.3) is 0 Å². The first-order chi connectivity index (χ1) is 4.75. The first-order valence-corrected chi connectivity index (χ1v) is 3.61. The van der Waals surface area contributed by atoms with E-state index in [0.717, 1.165) is 6.42 Å². The van der Waals surface area contributed by atoms with Crippen molar-refractivity contribution in [2.45, 2.75) is 13.3 Å². The van der Waals surface area contributed by atoms with E-state index in [-0.39, 0.29) is 23.7 Å². The Morgan fingerprint density at radius 3 is 2.20 bits per heavy atom. The molecule has 2 atom stereocenters. The van der Waals surface area contributed by atoms with Gasteiger partial charge in [0.05, 0.1) is 11.8 Å². The summed E-state index contributed by atoms with van der Waals surface area (Å²) in [5.74, 6) is 0.259. The average Bonchev–Trinajstić information content (AvgIpc) is 2.62. The molecule has 2 rings (SSSR count). The van der Waals surface area contributed by atoms with Gasteiger partial charge in [-0.1, -0.05) is 0 Å². The van der Waals surface area contributed by atoms with Crippen molar-refractivity contribution in [1.82, 2.24) is 4.90 Å². The van der Waals surface area contributed by atoms with Gasteiger partial charge in [0.1, 0.15) is 0 Å². The molecule has 0 aromatic carbocycles. The minimum atomic E-state index is 0.0532. The summed E-state index contributed by atoms with van der Waals surface area (Å²) in [6, 6.07) is 0. The molecule has 0 bridgehead atoms. The van der Waals surface area contributed by atoms with Gasteiger partial charge in [-0.2, -0.15) is 0 Å². The van der Waals surface area contributed by atoms with Crippen molar-refractivity contribution in [1.29, 1.82) is 0 Å². The molecule has 1 aliphatic heterocycles. The fourth-order valence-corrected chi connectivity index (χ4v) is 1.56. The Bertz CT molecular complexity index is 192. The van der Waals surface area contributed by atoms with Crippen molar-refractivity contribution in [2.24, 2.45) is 11.8 Å². The highest BCUT2D eigenvalue weighted by Gasteiger charge is 2.58. The van der Waals surface area contributed by atoms with Crippen LogP contribution < -0.4 is 0 Å². The van der Waals surface area contributed by atoms with E-state index in [2.05, 4.69) is 0 Å². The molecule has 2 unspecified atom stereocenters. The molecule has 0 spiro atoms. The average molecular weight is 139 g/mol. The summed E-state index contributed by atoms with van der Waals surface area (Å²) in [7, 11) is 0. The minimum Gasteiger partial charge on any atom is -0.282 e. The van der Waals surface area contributed by atoms with Crippen LogP contribution in [-0.4, -0.2) is 23.3 Å². The van der Waals surface area contributed by atoms with E-state index in [0.29, 0.717) is 6.54 Å². The lowest BCUT2D eigenvalue weighted by Crippen LogP contribution is -2.32. The van der Waals surface area contributed by atoms with Gasteiger partial charge < -0.3 is 0 Å². The predicted octanol–water partition coefficient (Wildman–Crippen LogP) is 0.0112. The molecule has 1 saturated heterocycles. The Labute approximate surface area is 59.0 Å². The normalized spacial score (nSPS) is 36.7. The molecule has 2 aliphatic rings. The van der Waals surface area contributed by atoms with Gasteiger partial charge in [-0.15, -0.1) is 0 Å². The highest BCUT2D eigenvalue weighted by molar-refractivity contribution is 6.08. The molecular weight excluding hydrogens is 130 g/mol. The monoisotopic (exact) mass is 139 g/mol. The van der Waals surface area contributed by atoms with Gasteiger partial charge in [-0.25, -0.2) is 0 Å². The molecular formula is C7H9NO2. The van der Waals surface area contributed by atoms with Crippen LogP contribution in [0.5, 0.6) is 0 Å². The van der Waals surface area contributed by atoms with E-state index < -0.39 is 0 Å². The Morgan fingerprint density at radius 1 is 1.40 bits per heavy atom. The topological polar surface area (TPSA) is 37.4 Å². The summed E-state index contributed by atoms with van der Waals surface area (Å²) in [5, 5.41) is 0. The van der Waals surface area contributed by atoms with E-state index >= 15 is 0 Å². The predicted molar refractivity (Wildman–Crippen MR) is 34.0 cm³/mol. The molecule has 2 amide bonds. The Morgan fingerprint density at radius 2 is 1.90 bits per heavy atom. The lowest BCUT2D eigenvalue weighted by molar-refractivity contribution is -0.140. The second kappa shape index (κ2) is 1.59. The summed E-state index contributed by atoms with van der Waals surface area (Å²) in [6.45, 7) is 2.38. The number of likely N-dealkylation sites (tertiary alicyclic amines) is 1. The van der Waals surface area contributed by atoms with E-state index in [9.17, 15) is 9.59 Å². The van der Waals surface area contributed by atoms with Crippen molar-refractivity contribution < 1.29 is 9.59 Å². The maximum absolute atomic E-state index is 11.1. The Kier molecular flexibility index (Phi) is 0.938. The molecule has 1 aliphatic carbocycles. The van der Waals surface area contributed by atoms with Crippen LogP contribution in [0.1, 0.15) is 13.3 Å². The summed E-state index contributed by atoms with van der Waals surface area (Å²) < 4.78 is 0. The van der Waals surface area contributed by atoms with Crippen LogP contribution >= 0.6 is 0 Å². The van der Waals surface area contributed by atoms with E-state index in [4.69, 9.17) is 0 Å². The third kappa shape index (κ3) is 0.503. The van der Waals surface area contributed by atoms with Crippen LogP contribution in [0.2, 0.25) is 0 Å². The maximum atomic E-state index is 11.1. The highest BCUT2D eigenvalue weighted by Crippen LogP contribution is 2.46. The van der Waals surface area contributed by atoms with Gasteiger partial charge in [0.15, 0.2) is 0 Å². The Hall–Kier alpha value is -0.860. The van der Waals surface area contributed by atoms with Gasteiger partial charge in [-0.3, -0.25) is 14.5 Å². The van der Waals surface area contributed by atoms with E-state index in [1.165, 1.54) is 4.90 Å². The molecule has 0 aromatic heterocycles. The second-order valence-electron chi connectivity index (χ2n) is 2.87. The van der Waals surface area contributed by atoms with Gasteiger partial charge in [0, 0.05) is 6.54 Å². The molecule has 3 nitrogen and oxygen atoms in total. The van der Waals surface area contributed by atoms with Crippen LogP contribution in [-0.2, 0) is 9.59 Å². The van der Waals surface area contributed by atoms with Crippen LogP contribution in [0.15, 0.2) is 0 Å². The molecule has 0 N–H and O–H groups in total. The summed E-state index contributed by atoms with van der Waals surface area (Å²) in [5.41, 5.74) is 0. The zero-order valence-electron chi connectivity index (χ0n) is 5.83. The number of piperidine rings is 1. The van der Waals surface area contributed by atoms with E-state index in [1.807, 2.05) is 6.92 Å². The van der Waals surface area contributed by atoms with E-state index in [1.54, 1.807) is 0 Å². The van der Waals surface area contributed by atoms with Crippen LogP contribution in [0.4, 0.5) is 0 Å². The highest BCUT2D eigenvalue weighted by atomic mass is 16.2. The smallest absolute Gasteiger partial charge is 0.233 e. The molecule has 54 valence electrons. The lowest BCUT2D eigenvalue weighted by Gasteiger charge is -2.12. The first kappa shape index (κ1) is 5.89. The fourth-order valence-electron chi connectivity index (χ4n) is 1.56. The molecule has 10 heavy (non-hydrogen) atoms. The van der Waals surface area contributed by atoms with Crippen molar-refractivity contribution in [2.75, 3.05) is 6.54 Å². The molecule has 1 heterocycles. The molecule has 0 aromatic rings. The maximum Gasteiger partial charge on any atom is 0.233 e. The zero-order chi connectivity index (χ0) is 7.30. The van der Waals surface area contributed by atoms with Crippen molar-refractivity contribution in [3.8, 4) is 0 Å². The molecule has 1 saturated carbocycles. The zero-order valence-corrected chi connectivity index (χ0v) is 5.83. The second-order valence-corrected chi connectivity index (χ2v) is 2.87. The third-order valence-corrected chi connectivity index (χ3v) is 2.27. The summed E-state index contributed by atoms with van der Waals surface area (Å²) in [4.78, 5) is 23.5. The minimum absolute atomic E-state index is 0.0532. The van der Waals surface area contributed by atoms with Gasteiger partial charge in [-0.05, 0) is 13.3 Å². The number of hydrogen-bond acceptors (Lipinski definition) is 2. The van der Waals surface area contributed by atoms with Gasteiger partial charge in [0.2, 0.25) is 11.8 Å².